The van der Waals surface area contributed by atoms with Crippen molar-refractivity contribution in [2.45, 2.75) is 35.7 Å². The topological polar surface area (TPSA) is 50.2 Å². The number of pyridine rings is 1. The predicted molar refractivity (Wildman–Crippen MR) is 80.1 cm³/mol. The molecule has 1 aliphatic heterocycles. The minimum absolute atomic E-state index is 0.252. The van der Waals surface area contributed by atoms with Crippen molar-refractivity contribution in [2.24, 2.45) is 0 Å². The molecule has 1 atom stereocenters. The van der Waals surface area contributed by atoms with Crippen molar-refractivity contribution in [1.29, 1.82) is 0 Å². The lowest BCUT2D eigenvalue weighted by molar-refractivity contribution is 0.0696. The lowest BCUT2D eigenvalue weighted by atomic mass is 10.0. The Balaban J connectivity index is 1.92. The first-order valence-electron chi connectivity index (χ1n) is 6.68. The van der Waals surface area contributed by atoms with E-state index >= 15 is 0 Å². The molecular weight excluding hydrogens is 278 g/mol. The molecule has 1 aromatic rings. The predicted octanol–water partition coefficient (Wildman–Crippen LogP) is 3.61. The largest absolute Gasteiger partial charge is 0.478 e. The fraction of sp³-hybridized carbons (Fsp3) is 0.571. The zero-order chi connectivity index (χ0) is 13.3. The van der Waals surface area contributed by atoms with Crippen LogP contribution >= 0.6 is 23.5 Å². The van der Waals surface area contributed by atoms with E-state index in [9.17, 15) is 4.79 Å². The van der Waals surface area contributed by atoms with Crippen LogP contribution < -0.4 is 0 Å². The Labute approximate surface area is 121 Å². The van der Waals surface area contributed by atoms with E-state index in [1.165, 1.54) is 30.8 Å². The summed E-state index contributed by atoms with van der Waals surface area (Å²) in [5, 5.41) is 9.12. The van der Waals surface area contributed by atoms with Crippen LogP contribution in [-0.4, -0.2) is 31.6 Å². The van der Waals surface area contributed by atoms with Crippen LogP contribution in [0.2, 0.25) is 0 Å². The van der Waals surface area contributed by atoms with Crippen LogP contribution in [0.4, 0.5) is 0 Å². The number of carboxylic acid groups (broad SMARTS) is 1. The summed E-state index contributed by atoms with van der Waals surface area (Å²) in [4.78, 5) is 15.6. The maximum atomic E-state index is 11.1. The van der Waals surface area contributed by atoms with Gasteiger partial charge < -0.3 is 5.11 Å². The average Bonchev–Trinajstić information content (AvgIpc) is 2.83. The van der Waals surface area contributed by atoms with Gasteiger partial charge in [-0.25, -0.2) is 4.79 Å². The van der Waals surface area contributed by atoms with Crippen molar-refractivity contribution in [1.82, 2.24) is 4.98 Å². The number of carbonyl (C=O) groups is 1. The summed E-state index contributed by atoms with van der Waals surface area (Å²) in [6.45, 7) is 0. The lowest BCUT2D eigenvalue weighted by Crippen LogP contribution is -2.28. The first kappa shape index (κ1) is 13.3. The molecule has 1 aliphatic carbocycles. The maximum Gasteiger partial charge on any atom is 0.335 e. The van der Waals surface area contributed by atoms with E-state index < -0.39 is 5.97 Å². The fourth-order valence-corrected chi connectivity index (χ4v) is 6.77. The van der Waals surface area contributed by atoms with Gasteiger partial charge in [-0.1, -0.05) is 6.42 Å². The average molecular weight is 295 g/mol. The van der Waals surface area contributed by atoms with Crippen LogP contribution in [0.5, 0.6) is 0 Å². The van der Waals surface area contributed by atoms with Gasteiger partial charge in [0.2, 0.25) is 0 Å². The molecule has 3 rings (SSSR count). The van der Waals surface area contributed by atoms with Crippen molar-refractivity contribution in [3.05, 3.63) is 29.6 Å². The van der Waals surface area contributed by atoms with Crippen molar-refractivity contribution < 1.29 is 9.90 Å². The highest BCUT2D eigenvalue weighted by molar-refractivity contribution is 8.18. The van der Waals surface area contributed by atoms with Gasteiger partial charge in [0, 0.05) is 17.8 Å². The van der Waals surface area contributed by atoms with E-state index in [-0.39, 0.29) is 4.08 Å². The van der Waals surface area contributed by atoms with E-state index in [0.717, 1.165) is 12.1 Å². The van der Waals surface area contributed by atoms with Gasteiger partial charge in [-0.2, -0.15) is 0 Å². The van der Waals surface area contributed by atoms with Crippen molar-refractivity contribution >= 4 is 29.5 Å². The monoisotopic (exact) mass is 295 g/mol. The van der Waals surface area contributed by atoms with Crippen LogP contribution in [-0.2, 0) is 0 Å². The molecule has 2 aliphatic rings. The number of rotatable bonds is 2. The van der Waals surface area contributed by atoms with E-state index in [2.05, 4.69) is 28.5 Å². The summed E-state index contributed by atoms with van der Waals surface area (Å²) in [5.41, 5.74) is 1.33. The molecule has 1 saturated heterocycles. The van der Waals surface area contributed by atoms with Gasteiger partial charge in [0.05, 0.1) is 9.64 Å². The maximum absolute atomic E-state index is 11.1. The Kier molecular flexibility index (Phi) is 3.76. The van der Waals surface area contributed by atoms with E-state index in [1.54, 1.807) is 18.3 Å². The van der Waals surface area contributed by atoms with Gasteiger partial charge in [0.15, 0.2) is 0 Å². The van der Waals surface area contributed by atoms with Gasteiger partial charge in [-0.15, -0.1) is 23.5 Å². The Hall–Kier alpha value is -0.680. The van der Waals surface area contributed by atoms with Crippen molar-refractivity contribution in [2.75, 3.05) is 11.5 Å². The summed E-state index contributed by atoms with van der Waals surface area (Å²) in [7, 11) is 0. The van der Waals surface area contributed by atoms with Gasteiger partial charge >= 0.3 is 5.97 Å². The minimum atomic E-state index is -0.861. The molecule has 0 radical (unpaired) electrons. The number of hydrogen-bond donors (Lipinski definition) is 1. The molecule has 3 nitrogen and oxygen atoms in total. The second-order valence-electron chi connectivity index (χ2n) is 5.08. The Morgan fingerprint density at radius 3 is 2.89 bits per heavy atom. The zero-order valence-electron chi connectivity index (χ0n) is 10.7. The SMILES string of the molecule is O=C(O)c1ccnc([C@@H]2CCCC23SCCCS3)c1. The Bertz CT molecular complexity index is 486. The third kappa shape index (κ3) is 2.50. The molecule has 0 aromatic carbocycles. The van der Waals surface area contributed by atoms with Gasteiger partial charge in [-0.05, 0) is 42.9 Å². The molecule has 1 spiro atoms. The molecule has 0 bridgehead atoms. The Morgan fingerprint density at radius 1 is 1.37 bits per heavy atom. The number of hydrogen-bond acceptors (Lipinski definition) is 4. The standard InChI is InChI=1S/C14H17NO2S2/c16-13(17)10-4-6-15-12(9-10)11-3-1-5-14(11)18-7-2-8-19-14/h4,6,9,11H,1-3,5,7-8H2,(H,16,17)/t11-/m0/s1. The molecular formula is C14H17NO2S2. The summed E-state index contributed by atoms with van der Waals surface area (Å²) < 4.78 is 0.252. The smallest absolute Gasteiger partial charge is 0.335 e. The molecule has 0 amide bonds. The third-order valence-electron chi connectivity index (χ3n) is 3.92. The number of aromatic nitrogens is 1. The fourth-order valence-electron chi connectivity index (χ4n) is 3.03. The van der Waals surface area contributed by atoms with Crippen LogP contribution in [0.1, 0.15) is 47.7 Å². The van der Waals surface area contributed by atoms with E-state index in [1.807, 2.05) is 0 Å². The molecule has 0 unspecified atom stereocenters. The van der Waals surface area contributed by atoms with Crippen LogP contribution in [0.25, 0.3) is 0 Å². The normalized spacial score (nSPS) is 25.6. The van der Waals surface area contributed by atoms with Gasteiger partial charge in [-0.3, -0.25) is 4.98 Å². The third-order valence-corrected chi connectivity index (χ3v) is 7.56. The zero-order valence-corrected chi connectivity index (χ0v) is 12.3. The second kappa shape index (κ2) is 5.37. The molecule has 19 heavy (non-hydrogen) atoms. The highest BCUT2D eigenvalue weighted by atomic mass is 32.2. The van der Waals surface area contributed by atoms with Crippen molar-refractivity contribution in [3.63, 3.8) is 0 Å². The first-order chi connectivity index (χ1) is 9.21. The van der Waals surface area contributed by atoms with E-state index in [4.69, 9.17) is 5.11 Å². The molecule has 2 fully saturated rings. The molecule has 2 heterocycles. The van der Waals surface area contributed by atoms with E-state index in [0.29, 0.717) is 11.5 Å². The molecule has 1 saturated carbocycles. The minimum Gasteiger partial charge on any atom is -0.478 e. The molecule has 5 heteroatoms. The summed E-state index contributed by atoms with van der Waals surface area (Å²) in [6, 6.07) is 3.35. The summed E-state index contributed by atoms with van der Waals surface area (Å²) in [5.74, 6) is 1.99. The highest BCUT2D eigenvalue weighted by Gasteiger charge is 2.46. The Morgan fingerprint density at radius 2 is 2.16 bits per heavy atom. The highest BCUT2D eigenvalue weighted by Crippen LogP contribution is 2.59. The summed E-state index contributed by atoms with van der Waals surface area (Å²) >= 11 is 4.13. The van der Waals surface area contributed by atoms with Gasteiger partial charge in [0.25, 0.3) is 0 Å². The van der Waals surface area contributed by atoms with Crippen molar-refractivity contribution in [3.8, 4) is 0 Å². The number of aromatic carboxylic acids is 1. The van der Waals surface area contributed by atoms with Crippen LogP contribution in [0.3, 0.4) is 0 Å². The summed E-state index contributed by atoms with van der Waals surface area (Å²) in [6.07, 6.45) is 6.51. The van der Waals surface area contributed by atoms with Crippen LogP contribution in [0.15, 0.2) is 18.3 Å². The second-order valence-corrected chi connectivity index (χ2v) is 8.19. The van der Waals surface area contributed by atoms with Gasteiger partial charge in [0.1, 0.15) is 0 Å². The number of carboxylic acids is 1. The lowest BCUT2D eigenvalue weighted by Gasteiger charge is -2.37. The molecule has 1 N–H and O–H groups in total. The quantitative estimate of drug-likeness (QED) is 0.903. The first-order valence-corrected chi connectivity index (χ1v) is 8.65. The molecule has 1 aromatic heterocycles. The number of thioether (sulfide) groups is 2. The molecule has 102 valence electrons. The number of nitrogens with zero attached hydrogens (tertiary/aromatic N) is 1. The van der Waals surface area contributed by atoms with Crippen LogP contribution in [0, 0.1) is 0 Å².